The molecular weight excluding hydrogens is 431 g/mol. The zero-order valence-electron chi connectivity index (χ0n) is 18.0. The van der Waals surface area contributed by atoms with Crippen LogP contribution < -0.4 is 23.7 Å². The van der Waals surface area contributed by atoms with Gasteiger partial charge in [0.05, 0.1) is 32.5 Å². The number of hydrogen-bond acceptors (Lipinski definition) is 7. The van der Waals surface area contributed by atoms with Crippen LogP contribution >= 0.6 is 0 Å². The first-order chi connectivity index (χ1) is 15.9. The van der Waals surface area contributed by atoms with E-state index in [4.69, 9.17) is 23.7 Å². The van der Waals surface area contributed by atoms with Crippen LogP contribution in [-0.4, -0.2) is 33.1 Å². The van der Waals surface area contributed by atoms with Gasteiger partial charge in [0.2, 0.25) is 5.78 Å². The molecule has 1 aliphatic heterocycles. The van der Waals surface area contributed by atoms with Crippen molar-refractivity contribution < 1.29 is 37.7 Å². The molecular formula is C25H19FO7. The van der Waals surface area contributed by atoms with Gasteiger partial charge in [-0.15, -0.1) is 0 Å². The fourth-order valence-corrected chi connectivity index (χ4v) is 3.33. The van der Waals surface area contributed by atoms with Gasteiger partial charge in [0, 0.05) is 17.7 Å². The third kappa shape index (κ3) is 4.23. The lowest BCUT2D eigenvalue weighted by molar-refractivity contribution is 0.0729. The summed E-state index contributed by atoms with van der Waals surface area (Å²) in [5.74, 6) is -0.152. The van der Waals surface area contributed by atoms with Gasteiger partial charge < -0.3 is 23.7 Å². The van der Waals surface area contributed by atoms with E-state index in [0.29, 0.717) is 28.4 Å². The smallest absolute Gasteiger partial charge is 0.346 e. The van der Waals surface area contributed by atoms with Crippen LogP contribution in [0.25, 0.3) is 6.08 Å². The maximum absolute atomic E-state index is 13.8. The number of halogens is 1. The summed E-state index contributed by atoms with van der Waals surface area (Å²) in [6.07, 6.45) is 1.52. The fourth-order valence-electron chi connectivity index (χ4n) is 3.33. The molecule has 1 heterocycles. The Hall–Kier alpha value is -4.33. The molecule has 0 atom stereocenters. The van der Waals surface area contributed by atoms with Gasteiger partial charge in [-0.2, -0.15) is 0 Å². The molecule has 3 aromatic rings. The van der Waals surface area contributed by atoms with Crippen LogP contribution in [-0.2, 0) is 0 Å². The van der Waals surface area contributed by atoms with Crippen molar-refractivity contribution in [2.24, 2.45) is 0 Å². The first kappa shape index (κ1) is 21.9. The summed E-state index contributed by atoms with van der Waals surface area (Å²) in [5, 5.41) is 0. The predicted octanol–water partition coefficient (Wildman–Crippen LogP) is 4.69. The van der Waals surface area contributed by atoms with Crippen LogP contribution in [0.3, 0.4) is 0 Å². The Balaban J connectivity index is 1.61. The quantitative estimate of drug-likeness (QED) is 0.306. The number of benzene rings is 3. The molecule has 0 unspecified atom stereocenters. The van der Waals surface area contributed by atoms with Crippen LogP contribution in [0.15, 0.2) is 60.4 Å². The number of Topliss-reactive ketones (excluding diaryl/α,β-unsaturated/α-hetero) is 1. The molecule has 0 radical (unpaired) electrons. The van der Waals surface area contributed by atoms with Gasteiger partial charge in [-0.3, -0.25) is 4.79 Å². The Morgan fingerprint density at radius 1 is 0.909 bits per heavy atom. The van der Waals surface area contributed by atoms with E-state index in [1.54, 1.807) is 12.1 Å². The van der Waals surface area contributed by atoms with Gasteiger partial charge in [0.15, 0.2) is 17.3 Å². The summed E-state index contributed by atoms with van der Waals surface area (Å²) in [4.78, 5) is 25.1. The Morgan fingerprint density at radius 3 is 2.30 bits per heavy atom. The van der Waals surface area contributed by atoms with E-state index in [1.165, 1.54) is 69.9 Å². The molecule has 3 aromatic carbocycles. The van der Waals surface area contributed by atoms with Crippen molar-refractivity contribution in [1.82, 2.24) is 0 Å². The second-order valence-electron chi connectivity index (χ2n) is 6.92. The standard InChI is InChI=1S/C25H19FO7/c1-29-19-13-22(31-3)21(30-2)10-14(19)11-23-24(27)17-9-8-15(12-20(17)33-23)32-25(28)16-6-4-5-7-18(16)26/h4-13H,1-3H3/b23-11-. The summed E-state index contributed by atoms with van der Waals surface area (Å²) in [6, 6.07) is 13.1. The molecule has 0 saturated carbocycles. The minimum absolute atomic E-state index is 0.0492. The molecule has 0 aromatic heterocycles. The number of rotatable bonds is 6. The van der Waals surface area contributed by atoms with Gasteiger partial charge in [0.25, 0.3) is 0 Å². The van der Waals surface area contributed by atoms with Crippen molar-refractivity contribution in [3.05, 3.63) is 82.9 Å². The highest BCUT2D eigenvalue weighted by molar-refractivity contribution is 6.14. The topological polar surface area (TPSA) is 80.3 Å². The lowest BCUT2D eigenvalue weighted by Crippen LogP contribution is -2.10. The fraction of sp³-hybridized carbons (Fsp3) is 0.120. The molecule has 0 saturated heterocycles. The molecule has 0 bridgehead atoms. The average Bonchev–Trinajstić information content (AvgIpc) is 3.13. The van der Waals surface area contributed by atoms with E-state index in [-0.39, 0.29) is 28.6 Å². The summed E-state index contributed by atoms with van der Waals surface area (Å²) in [6.45, 7) is 0. The van der Waals surface area contributed by atoms with Crippen LogP contribution in [0.4, 0.5) is 4.39 Å². The molecule has 168 valence electrons. The minimum atomic E-state index is -0.858. The summed E-state index contributed by atoms with van der Waals surface area (Å²) in [7, 11) is 4.50. The average molecular weight is 450 g/mol. The lowest BCUT2D eigenvalue weighted by atomic mass is 10.1. The third-order valence-corrected chi connectivity index (χ3v) is 4.97. The summed E-state index contributed by atoms with van der Waals surface area (Å²) < 4.78 is 40.8. The van der Waals surface area contributed by atoms with Gasteiger partial charge >= 0.3 is 5.97 Å². The molecule has 7 nitrogen and oxygen atoms in total. The van der Waals surface area contributed by atoms with Crippen molar-refractivity contribution in [2.75, 3.05) is 21.3 Å². The van der Waals surface area contributed by atoms with Crippen molar-refractivity contribution >= 4 is 17.8 Å². The number of carbonyl (C=O) groups is 2. The Labute approximate surface area is 188 Å². The molecule has 33 heavy (non-hydrogen) atoms. The van der Waals surface area contributed by atoms with Crippen LogP contribution in [0.2, 0.25) is 0 Å². The van der Waals surface area contributed by atoms with E-state index in [2.05, 4.69) is 0 Å². The highest BCUT2D eigenvalue weighted by Crippen LogP contribution is 2.39. The Morgan fingerprint density at radius 2 is 1.61 bits per heavy atom. The third-order valence-electron chi connectivity index (χ3n) is 4.97. The van der Waals surface area contributed by atoms with E-state index in [0.717, 1.165) is 0 Å². The summed E-state index contributed by atoms with van der Waals surface area (Å²) in [5.41, 5.74) is 0.639. The molecule has 0 spiro atoms. The van der Waals surface area contributed by atoms with Crippen LogP contribution in [0, 0.1) is 5.82 Å². The molecule has 0 N–H and O–H groups in total. The highest BCUT2D eigenvalue weighted by Gasteiger charge is 2.29. The summed E-state index contributed by atoms with van der Waals surface area (Å²) >= 11 is 0. The molecule has 0 aliphatic carbocycles. The largest absolute Gasteiger partial charge is 0.496 e. The monoisotopic (exact) mass is 450 g/mol. The number of ether oxygens (including phenoxy) is 5. The maximum Gasteiger partial charge on any atom is 0.346 e. The van der Waals surface area contributed by atoms with Gasteiger partial charge in [0.1, 0.15) is 23.1 Å². The number of hydrogen-bond donors (Lipinski definition) is 0. The van der Waals surface area contributed by atoms with Gasteiger partial charge in [-0.05, 0) is 36.4 Å². The van der Waals surface area contributed by atoms with Crippen molar-refractivity contribution in [3.63, 3.8) is 0 Å². The second kappa shape index (κ2) is 9.04. The van der Waals surface area contributed by atoms with Crippen LogP contribution in [0.5, 0.6) is 28.7 Å². The van der Waals surface area contributed by atoms with Gasteiger partial charge in [-0.25, -0.2) is 9.18 Å². The normalized spacial score (nSPS) is 13.3. The number of methoxy groups -OCH3 is 3. The van der Waals surface area contributed by atoms with Crippen molar-refractivity contribution in [2.45, 2.75) is 0 Å². The number of ketones is 1. The van der Waals surface area contributed by atoms with Crippen molar-refractivity contribution in [1.29, 1.82) is 0 Å². The maximum atomic E-state index is 13.8. The van der Waals surface area contributed by atoms with E-state index >= 15 is 0 Å². The molecule has 4 rings (SSSR count). The number of allylic oxidation sites excluding steroid dienone is 1. The number of fused-ring (bicyclic) bond motifs is 1. The SMILES string of the molecule is COc1cc(OC)c(OC)cc1/C=C1\Oc2cc(OC(=O)c3ccccc3F)ccc2C1=O. The Bertz CT molecular complexity index is 1280. The Kier molecular flexibility index (Phi) is 5.99. The molecule has 0 amide bonds. The number of carbonyl (C=O) groups excluding carboxylic acids is 2. The van der Waals surface area contributed by atoms with Gasteiger partial charge in [-0.1, -0.05) is 12.1 Å². The minimum Gasteiger partial charge on any atom is -0.496 e. The number of esters is 1. The molecule has 1 aliphatic rings. The molecule has 8 heteroatoms. The second-order valence-corrected chi connectivity index (χ2v) is 6.92. The zero-order valence-corrected chi connectivity index (χ0v) is 18.0. The van der Waals surface area contributed by atoms with E-state index in [1.807, 2.05) is 0 Å². The zero-order chi connectivity index (χ0) is 23.5. The molecule has 0 fully saturated rings. The highest BCUT2D eigenvalue weighted by atomic mass is 19.1. The first-order valence-corrected chi connectivity index (χ1v) is 9.80. The van der Waals surface area contributed by atoms with E-state index in [9.17, 15) is 14.0 Å². The predicted molar refractivity (Wildman–Crippen MR) is 117 cm³/mol. The first-order valence-electron chi connectivity index (χ1n) is 9.80. The van der Waals surface area contributed by atoms with Crippen molar-refractivity contribution in [3.8, 4) is 28.7 Å². The van der Waals surface area contributed by atoms with Crippen LogP contribution in [0.1, 0.15) is 26.3 Å². The van der Waals surface area contributed by atoms with E-state index < -0.39 is 11.8 Å². The lowest BCUT2D eigenvalue weighted by Gasteiger charge is -2.12.